The fourth-order valence-electron chi connectivity index (χ4n) is 4.79. The molecule has 5 rings (SSSR count). The number of aromatic nitrogens is 2. The lowest BCUT2D eigenvalue weighted by Crippen LogP contribution is -2.56. The van der Waals surface area contributed by atoms with Crippen LogP contribution in [0.1, 0.15) is 37.9 Å². The molecule has 2 aromatic heterocycles. The maximum absolute atomic E-state index is 13.5. The van der Waals surface area contributed by atoms with Gasteiger partial charge < -0.3 is 25.3 Å². The third-order valence-corrected chi connectivity index (χ3v) is 6.92. The summed E-state index contributed by atoms with van der Waals surface area (Å²) in [7, 11) is 0. The van der Waals surface area contributed by atoms with E-state index < -0.39 is 11.9 Å². The van der Waals surface area contributed by atoms with E-state index in [1.54, 1.807) is 22.0 Å². The first-order valence-electron chi connectivity index (χ1n) is 11.4. The zero-order valence-corrected chi connectivity index (χ0v) is 20.6. The lowest BCUT2D eigenvalue weighted by Gasteiger charge is -2.44. The Hall–Kier alpha value is -3.25. The van der Waals surface area contributed by atoms with Crippen LogP contribution in [0.15, 0.2) is 34.6 Å². The fourth-order valence-corrected chi connectivity index (χ4v) is 5.49. The molecule has 0 unspecified atom stereocenters. The summed E-state index contributed by atoms with van der Waals surface area (Å²) in [5, 5.41) is 21.3. The minimum Gasteiger partial charge on any atom is -0.481 e. The molecule has 0 radical (unpaired) electrons. The van der Waals surface area contributed by atoms with Crippen molar-refractivity contribution in [3.8, 4) is 0 Å². The van der Waals surface area contributed by atoms with Gasteiger partial charge in [-0.05, 0) is 12.5 Å². The molecule has 2 saturated heterocycles. The summed E-state index contributed by atoms with van der Waals surface area (Å²) in [5.41, 5.74) is 0.953. The first-order chi connectivity index (χ1) is 16.7. The number of hydrogen-bond acceptors (Lipinski definition) is 8. The van der Waals surface area contributed by atoms with E-state index in [0.717, 1.165) is 57.3 Å². The van der Waals surface area contributed by atoms with Crippen LogP contribution in [-0.4, -0.2) is 81.8 Å². The summed E-state index contributed by atoms with van der Waals surface area (Å²) in [4.78, 5) is 52.7. The van der Waals surface area contributed by atoms with Crippen molar-refractivity contribution in [2.24, 2.45) is 5.92 Å². The van der Waals surface area contributed by atoms with Gasteiger partial charge in [-0.2, -0.15) is 0 Å². The zero-order valence-electron chi connectivity index (χ0n) is 19.8. The van der Waals surface area contributed by atoms with Crippen LogP contribution in [0.3, 0.4) is 0 Å². The number of pyridine rings is 1. The number of nitrogens with zero attached hydrogens (tertiary/aromatic N) is 4. The van der Waals surface area contributed by atoms with Gasteiger partial charge in [-0.1, -0.05) is 6.07 Å². The van der Waals surface area contributed by atoms with Crippen LogP contribution in [0, 0.1) is 5.92 Å². The molecule has 0 spiro atoms. The molecule has 2 aromatic rings. The van der Waals surface area contributed by atoms with Gasteiger partial charge in [-0.3, -0.25) is 23.7 Å². The normalized spacial score (nSPS) is 22.5. The van der Waals surface area contributed by atoms with Crippen LogP contribution < -0.4 is 15.8 Å². The Bertz CT molecular complexity index is 1060. The third-order valence-electron chi connectivity index (χ3n) is 6.08. The van der Waals surface area contributed by atoms with Gasteiger partial charge in [0, 0.05) is 88.3 Å². The second kappa shape index (κ2) is 11.9. The lowest BCUT2D eigenvalue weighted by atomic mass is 9.79. The summed E-state index contributed by atoms with van der Waals surface area (Å²) >= 11 is 1.63. The van der Waals surface area contributed by atoms with Crippen molar-refractivity contribution in [1.82, 2.24) is 19.8 Å². The van der Waals surface area contributed by atoms with E-state index in [-0.39, 0.29) is 23.4 Å². The maximum atomic E-state index is 13.5. The van der Waals surface area contributed by atoms with Crippen LogP contribution in [-0.2, 0) is 14.4 Å². The second-order valence-corrected chi connectivity index (χ2v) is 9.49. The maximum Gasteiger partial charge on any atom is 0.300 e. The highest BCUT2D eigenvalue weighted by atomic mass is 32.1. The van der Waals surface area contributed by atoms with Crippen LogP contribution >= 0.6 is 11.3 Å². The van der Waals surface area contributed by atoms with Crippen LogP contribution in [0.4, 0.5) is 5.13 Å². The van der Waals surface area contributed by atoms with Crippen molar-refractivity contribution < 1.29 is 24.6 Å². The number of piperazine rings is 1. The number of hydrogen-bond donors (Lipinski definition) is 3. The first kappa shape index (κ1) is 26.4. The average Bonchev–Trinajstić information content (AvgIpc) is 3.34. The number of nitrogens with one attached hydrogen (secondary N) is 1. The van der Waals surface area contributed by atoms with Crippen LogP contribution in [0.5, 0.6) is 0 Å². The number of carboxylic acids is 2. The SMILES string of the molecule is CC(=O)O.CC(=O)O.O=C([C@H]1[C@@H]2CNC[C@@H](C2)c2cccc(=O)n21)N1CCN(c2nccs2)CC1. The number of aliphatic carboxylic acids is 2. The number of carbonyl (C=O) groups excluding carboxylic acids is 1. The van der Waals surface area contributed by atoms with Gasteiger partial charge in [-0.15, -0.1) is 11.3 Å². The largest absolute Gasteiger partial charge is 0.481 e. The van der Waals surface area contributed by atoms with Gasteiger partial charge in [0.15, 0.2) is 5.13 Å². The Labute approximate surface area is 207 Å². The molecule has 5 heterocycles. The minimum absolute atomic E-state index is 0.0520. The van der Waals surface area contributed by atoms with Gasteiger partial charge in [0.05, 0.1) is 0 Å². The van der Waals surface area contributed by atoms with E-state index >= 15 is 0 Å². The molecule has 1 amide bonds. The molecule has 0 aromatic carbocycles. The molecule has 0 aliphatic carbocycles. The van der Waals surface area contributed by atoms with Gasteiger partial charge in [0.2, 0.25) is 5.91 Å². The number of anilines is 1. The second-order valence-electron chi connectivity index (χ2n) is 8.62. The number of thiazole rings is 1. The van der Waals surface area contributed by atoms with Crippen LogP contribution in [0.25, 0.3) is 0 Å². The molecule has 2 bridgehead atoms. The van der Waals surface area contributed by atoms with Crippen molar-refractivity contribution in [1.29, 1.82) is 0 Å². The van der Waals surface area contributed by atoms with Crippen molar-refractivity contribution in [2.75, 3.05) is 44.2 Å². The molecule has 0 saturated carbocycles. The predicted molar refractivity (Wildman–Crippen MR) is 131 cm³/mol. The fraction of sp³-hybridized carbons (Fsp3) is 0.522. The van der Waals surface area contributed by atoms with Crippen molar-refractivity contribution in [3.05, 3.63) is 45.8 Å². The lowest BCUT2D eigenvalue weighted by molar-refractivity contribution is -0.138. The van der Waals surface area contributed by atoms with Gasteiger partial charge in [-0.25, -0.2) is 4.98 Å². The van der Waals surface area contributed by atoms with Crippen molar-refractivity contribution >= 4 is 34.3 Å². The highest BCUT2D eigenvalue weighted by molar-refractivity contribution is 7.13. The molecule has 3 N–H and O–H groups in total. The molecule has 11 nitrogen and oxygen atoms in total. The van der Waals surface area contributed by atoms with E-state index in [4.69, 9.17) is 19.8 Å². The van der Waals surface area contributed by atoms with Gasteiger partial charge >= 0.3 is 0 Å². The van der Waals surface area contributed by atoms with E-state index in [1.165, 1.54) is 0 Å². The van der Waals surface area contributed by atoms with E-state index in [2.05, 4.69) is 15.2 Å². The molecular formula is C23H31N5O6S. The molecule has 12 heteroatoms. The first-order valence-corrected chi connectivity index (χ1v) is 12.3. The molecule has 2 fully saturated rings. The van der Waals surface area contributed by atoms with Crippen molar-refractivity contribution in [3.63, 3.8) is 0 Å². The van der Waals surface area contributed by atoms with E-state index in [9.17, 15) is 9.59 Å². The zero-order chi connectivity index (χ0) is 25.5. The number of rotatable bonds is 2. The Kier molecular flexibility index (Phi) is 8.99. The smallest absolute Gasteiger partial charge is 0.300 e. The van der Waals surface area contributed by atoms with Crippen molar-refractivity contribution in [2.45, 2.75) is 32.2 Å². The monoisotopic (exact) mass is 505 g/mol. The Morgan fingerprint density at radius 2 is 1.71 bits per heavy atom. The number of piperidine rings is 1. The summed E-state index contributed by atoms with van der Waals surface area (Å²) in [6.45, 7) is 6.77. The molecule has 3 aliphatic rings. The quantitative estimate of drug-likeness (QED) is 0.546. The van der Waals surface area contributed by atoms with E-state index in [0.29, 0.717) is 19.0 Å². The Balaban J connectivity index is 0.000000376. The third kappa shape index (κ3) is 6.67. The highest BCUT2D eigenvalue weighted by Gasteiger charge is 2.43. The molecule has 3 aliphatic heterocycles. The Morgan fingerprint density at radius 1 is 1.06 bits per heavy atom. The number of amides is 1. The summed E-state index contributed by atoms with van der Waals surface area (Å²) in [5.74, 6) is -1.07. The molecule has 35 heavy (non-hydrogen) atoms. The number of carboxylic acid groups (broad SMARTS) is 2. The highest BCUT2D eigenvalue weighted by Crippen LogP contribution is 2.39. The minimum atomic E-state index is -0.833. The standard InChI is InChI=1S/C19H23N5O2S.2C2H4O2/c25-16-3-1-2-15-13-10-14(12-20-11-13)17(24(15)16)18(26)22-5-7-23(8-6-22)19-21-4-9-27-19;2*1-2(3)4/h1-4,9,13-14,17,20H,5-8,10-12H2;2*1H3,(H,3,4)/t13-,14+,17-;;/m1../s1. The topological polar surface area (TPSA) is 145 Å². The van der Waals surface area contributed by atoms with Gasteiger partial charge in [0.1, 0.15) is 6.04 Å². The predicted octanol–water partition coefficient (Wildman–Crippen LogP) is 1.08. The number of fused-ring (bicyclic) bond motifs is 4. The molecule has 190 valence electrons. The molecular weight excluding hydrogens is 474 g/mol. The average molecular weight is 506 g/mol. The van der Waals surface area contributed by atoms with E-state index in [1.807, 2.05) is 28.6 Å². The molecule has 3 atom stereocenters. The number of carbonyl (C=O) groups is 3. The summed E-state index contributed by atoms with van der Waals surface area (Å²) in [6, 6.07) is 5.02. The Morgan fingerprint density at radius 3 is 2.31 bits per heavy atom. The van der Waals surface area contributed by atoms with Crippen LogP contribution in [0.2, 0.25) is 0 Å². The van der Waals surface area contributed by atoms with Gasteiger partial charge in [0.25, 0.3) is 17.5 Å². The summed E-state index contributed by atoms with van der Waals surface area (Å²) in [6.07, 6.45) is 2.79. The summed E-state index contributed by atoms with van der Waals surface area (Å²) < 4.78 is 1.79.